The smallest absolute Gasteiger partial charge is 0.251 e. The van der Waals surface area contributed by atoms with E-state index in [1.807, 2.05) is 29.8 Å². The molecule has 1 amide bonds. The number of ether oxygens (including phenoxy) is 2. The maximum Gasteiger partial charge on any atom is 0.251 e. The summed E-state index contributed by atoms with van der Waals surface area (Å²) in [5.74, 6) is 0.626. The van der Waals surface area contributed by atoms with Crippen LogP contribution in [0.1, 0.15) is 40.2 Å². The molecule has 0 spiro atoms. The summed E-state index contributed by atoms with van der Waals surface area (Å²) < 4.78 is 13.3. The predicted molar refractivity (Wildman–Crippen MR) is 110 cm³/mol. The predicted octanol–water partition coefficient (Wildman–Crippen LogP) is 3.37. The van der Waals surface area contributed by atoms with E-state index in [9.17, 15) is 4.79 Å². The number of nitrogens with one attached hydrogen (secondary N) is 1. The first-order valence-corrected chi connectivity index (χ1v) is 9.95. The Kier molecular flexibility index (Phi) is 5.91. The normalized spacial score (nSPS) is 15.6. The van der Waals surface area contributed by atoms with Gasteiger partial charge in [-0.25, -0.2) is 0 Å². The van der Waals surface area contributed by atoms with E-state index in [-0.39, 0.29) is 12.0 Å². The van der Waals surface area contributed by atoms with Gasteiger partial charge >= 0.3 is 0 Å². The van der Waals surface area contributed by atoms with Gasteiger partial charge in [-0.2, -0.15) is 5.10 Å². The molecule has 150 valence electrons. The zero-order valence-electron chi connectivity index (χ0n) is 16.5. The van der Waals surface area contributed by atoms with Crippen LogP contribution in [0.25, 0.3) is 0 Å². The van der Waals surface area contributed by atoms with Gasteiger partial charge in [-0.3, -0.25) is 9.48 Å². The highest BCUT2D eigenvalue weighted by Gasteiger charge is 2.25. The third-order valence-corrected chi connectivity index (χ3v) is 4.93. The van der Waals surface area contributed by atoms with Gasteiger partial charge < -0.3 is 14.8 Å². The van der Waals surface area contributed by atoms with Crippen LogP contribution in [0.15, 0.2) is 60.8 Å². The van der Waals surface area contributed by atoms with Crippen molar-refractivity contribution in [1.82, 2.24) is 15.1 Å². The van der Waals surface area contributed by atoms with Gasteiger partial charge in [0.2, 0.25) is 0 Å². The molecule has 0 bridgehead atoms. The topological polar surface area (TPSA) is 65.4 Å². The fraction of sp³-hybridized carbons (Fsp3) is 0.304. The van der Waals surface area contributed by atoms with Gasteiger partial charge in [-0.15, -0.1) is 0 Å². The highest BCUT2D eigenvalue weighted by atomic mass is 16.5. The molecule has 0 saturated heterocycles. The fourth-order valence-corrected chi connectivity index (χ4v) is 3.50. The molecular formula is C23H25N3O3. The molecule has 0 fully saturated rings. The third-order valence-electron chi connectivity index (χ3n) is 4.93. The standard InChI is InChI=1S/C23H25N3O3/c1-2-28-20-10-8-18(9-11-20)23(27)24-14-21-22-19(12-13-29-21)16-26(25-22)15-17-6-4-3-5-7-17/h3-11,16,21H,2,12-15H2,1H3,(H,24,27)/t21-/m0/s1. The SMILES string of the molecule is CCOc1ccc(C(=O)NC[C@@H]2OCCc3cn(Cc4ccccc4)nc32)cc1. The van der Waals surface area contributed by atoms with Gasteiger partial charge in [0.25, 0.3) is 5.91 Å². The molecule has 6 nitrogen and oxygen atoms in total. The zero-order valence-corrected chi connectivity index (χ0v) is 16.5. The summed E-state index contributed by atoms with van der Waals surface area (Å²) in [5, 5.41) is 7.70. The fourth-order valence-electron chi connectivity index (χ4n) is 3.50. The Morgan fingerprint density at radius 3 is 2.76 bits per heavy atom. The molecule has 0 saturated carbocycles. The number of hydrogen-bond donors (Lipinski definition) is 1. The molecular weight excluding hydrogens is 366 g/mol. The second-order valence-corrected chi connectivity index (χ2v) is 7.00. The number of aromatic nitrogens is 2. The van der Waals surface area contributed by atoms with Crippen molar-refractivity contribution >= 4 is 5.91 Å². The minimum atomic E-state index is -0.234. The van der Waals surface area contributed by atoms with Crippen molar-refractivity contribution in [3.63, 3.8) is 0 Å². The summed E-state index contributed by atoms with van der Waals surface area (Å²) in [7, 11) is 0. The van der Waals surface area contributed by atoms with E-state index in [1.165, 1.54) is 11.1 Å². The van der Waals surface area contributed by atoms with E-state index in [0.717, 1.165) is 24.4 Å². The van der Waals surface area contributed by atoms with Crippen LogP contribution < -0.4 is 10.1 Å². The second kappa shape index (κ2) is 8.92. The molecule has 0 unspecified atom stereocenters. The minimum absolute atomic E-state index is 0.132. The maximum absolute atomic E-state index is 12.5. The monoisotopic (exact) mass is 391 g/mol. The van der Waals surface area contributed by atoms with Crippen LogP contribution in [0.5, 0.6) is 5.75 Å². The number of fused-ring (bicyclic) bond motifs is 1. The lowest BCUT2D eigenvalue weighted by Gasteiger charge is -2.22. The van der Waals surface area contributed by atoms with Gasteiger partial charge in [-0.1, -0.05) is 30.3 Å². The number of rotatable bonds is 7. The Balaban J connectivity index is 1.39. The number of nitrogens with zero attached hydrogens (tertiary/aromatic N) is 2. The second-order valence-electron chi connectivity index (χ2n) is 7.00. The number of hydrogen-bond acceptors (Lipinski definition) is 4. The summed E-state index contributed by atoms with van der Waals surface area (Å²) in [6.45, 7) is 4.28. The van der Waals surface area contributed by atoms with Gasteiger partial charge in [0, 0.05) is 18.3 Å². The van der Waals surface area contributed by atoms with Crippen molar-refractivity contribution in [1.29, 1.82) is 0 Å². The zero-order chi connectivity index (χ0) is 20.1. The first-order chi connectivity index (χ1) is 14.2. The van der Waals surface area contributed by atoms with Crippen LogP contribution >= 0.6 is 0 Å². The molecule has 2 heterocycles. The Morgan fingerprint density at radius 2 is 2.00 bits per heavy atom. The first-order valence-electron chi connectivity index (χ1n) is 9.95. The lowest BCUT2D eigenvalue weighted by atomic mass is 10.1. The maximum atomic E-state index is 12.5. The first kappa shape index (κ1) is 19.2. The van der Waals surface area contributed by atoms with Crippen molar-refractivity contribution in [3.8, 4) is 5.75 Å². The van der Waals surface area contributed by atoms with Crippen molar-refractivity contribution in [3.05, 3.63) is 83.2 Å². The lowest BCUT2D eigenvalue weighted by molar-refractivity contribution is 0.0383. The highest BCUT2D eigenvalue weighted by molar-refractivity contribution is 5.94. The van der Waals surface area contributed by atoms with Crippen molar-refractivity contribution in [2.75, 3.05) is 19.8 Å². The summed E-state index contributed by atoms with van der Waals surface area (Å²) in [6, 6.07) is 17.4. The highest BCUT2D eigenvalue weighted by Crippen LogP contribution is 2.25. The van der Waals surface area contributed by atoms with Gasteiger partial charge in [0.15, 0.2) is 0 Å². The molecule has 1 N–H and O–H groups in total. The van der Waals surface area contributed by atoms with Crippen LogP contribution in [-0.4, -0.2) is 35.4 Å². The summed E-state index contributed by atoms with van der Waals surface area (Å²) in [4.78, 5) is 12.5. The molecule has 29 heavy (non-hydrogen) atoms. The lowest BCUT2D eigenvalue weighted by Crippen LogP contribution is -2.31. The Hall–Kier alpha value is -3.12. The van der Waals surface area contributed by atoms with Crippen LogP contribution in [-0.2, 0) is 17.7 Å². The van der Waals surface area contributed by atoms with Crippen molar-refractivity contribution < 1.29 is 14.3 Å². The van der Waals surface area contributed by atoms with Crippen molar-refractivity contribution in [2.24, 2.45) is 0 Å². The Morgan fingerprint density at radius 1 is 1.21 bits per heavy atom. The molecule has 0 radical (unpaired) electrons. The van der Waals surface area contributed by atoms with Crippen LogP contribution in [0, 0.1) is 0 Å². The van der Waals surface area contributed by atoms with Crippen LogP contribution in [0.2, 0.25) is 0 Å². The number of carbonyl (C=O) groups excluding carboxylic acids is 1. The van der Waals surface area contributed by atoms with E-state index in [2.05, 4.69) is 23.6 Å². The largest absolute Gasteiger partial charge is 0.494 e. The van der Waals surface area contributed by atoms with Gasteiger partial charge in [-0.05, 0) is 48.7 Å². The summed E-state index contributed by atoms with van der Waals surface area (Å²) >= 11 is 0. The number of carbonyl (C=O) groups is 1. The molecule has 1 aliphatic rings. The number of amides is 1. The molecule has 1 aromatic heterocycles. The average molecular weight is 391 g/mol. The van der Waals surface area contributed by atoms with Gasteiger partial charge in [0.05, 0.1) is 25.5 Å². The minimum Gasteiger partial charge on any atom is -0.494 e. The molecule has 1 aliphatic heterocycles. The van der Waals surface area contributed by atoms with Gasteiger partial charge in [0.1, 0.15) is 11.9 Å². The van der Waals surface area contributed by atoms with Crippen molar-refractivity contribution in [2.45, 2.75) is 26.0 Å². The Labute approximate surface area is 170 Å². The van der Waals surface area contributed by atoms with E-state index < -0.39 is 0 Å². The molecule has 1 atom stereocenters. The van der Waals surface area contributed by atoms with E-state index in [1.54, 1.807) is 24.3 Å². The summed E-state index contributed by atoms with van der Waals surface area (Å²) in [5.41, 5.74) is 3.90. The molecule has 4 rings (SSSR count). The van der Waals surface area contributed by atoms with E-state index >= 15 is 0 Å². The number of benzene rings is 2. The Bertz CT molecular complexity index is 951. The average Bonchev–Trinajstić information content (AvgIpc) is 3.16. The van der Waals surface area contributed by atoms with E-state index in [0.29, 0.717) is 25.3 Å². The molecule has 3 aromatic rings. The third kappa shape index (κ3) is 4.66. The van der Waals surface area contributed by atoms with E-state index in [4.69, 9.17) is 14.6 Å². The van der Waals surface area contributed by atoms with Crippen LogP contribution in [0.3, 0.4) is 0 Å². The molecule has 2 aromatic carbocycles. The molecule has 6 heteroatoms. The molecule has 0 aliphatic carbocycles. The quantitative estimate of drug-likeness (QED) is 0.671. The summed E-state index contributed by atoms with van der Waals surface area (Å²) in [6.07, 6.45) is 2.70. The van der Waals surface area contributed by atoms with Crippen LogP contribution in [0.4, 0.5) is 0 Å².